The Balaban J connectivity index is 1.61. The van der Waals surface area contributed by atoms with Crippen LogP contribution in [0.3, 0.4) is 0 Å². The Morgan fingerprint density at radius 3 is 2.21 bits per heavy atom. The van der Waals surface area contributed by atoms with Crippen molar-refractivity contribution in [2.24, 2.45) is 18.9 Å². The molecule has 0 aliphatic heterocycles. The monoisotopic (exact) mass is 262 g/mol. The fourth-order valence-corrected chi connectivity index (χ4v) is 4.03. The van der Waals surface area contributed by atoms with Crippen molar-refractivity contribution in [3.05, 3.63) is 12.2 Å². The van der Waals surface area contributed by atoms with Crippen LogP contribution < -0.4 is 5.32 Å². The lowest BCUT2D eigenvalue weighted by Crippen LogP contribution is -2.40. The van der Waals surface area contributed by atoms with Gasteiger partial charge >= 0.3 is 0 Å². The summed E-state index contributed by atoms with van der Waals surface area (Å²) in [6.45, 7) is 0.832. The average molecular weight is 262 g/mol. The van der Waals surface area contributed by atoms with E-state index in [1.165, 1.54) is 51.4 Å². The highest BCUT2D eigenvalue weighted by Gasteiger charge is 2.32. The third kappa shape index (κ3) is 3.16. The van der Waals surface area contributed by atoms with Gasteiger partial charge in [-0.1, -0.05) is 25.7 Å². The van der Waals surface area contributed by atoms with Crippen LogP contribution in [0.4, 0.5) is 0 Å². The van der Waals surface area contributed by atoms with Crippen LogP contribution in [0.25, 0.3) is 0 Å². The van der Waals surface area contributed by atoms with E-state index in [9.17, 15) is 0 Å². The molecule has 0 bridgehead atoms. The van der Waals surface area contributed by atoms with Gasteiger partial charge in [0.2, 0.25) is 0 Å². The van der Waals surface area contributed by atoms with Crippen LogP contribution in [0, 0.1) is 11.8 Å². The van der Waals surface area contributed by atoms with Gasteiger partial charge in [-0.2, -0.15) is 5.10 Å². The van der Waals surface area contributed by atoms with E-state index in [-0.39, 0.29) is 0 Å². The maximum Gasteiger partial charge on any atom is 0.164 e. The summed E-state index contributed by atoms with van der Waals surface area (Å²) in [5, 5.41) is 8.17. The first-order chi connectivity index (χ1) is 9.33. The van der Waals surface area contributed by atoms with E-state index in [0.717, 1.165) is 24.2 Å². The van der Waals surface area contributed by atoms with Crippen molar-refractivity contribution in [1.82, 2.24) is 20.1 Å². The zero-order valence-corrected chi connectivity index (χ0v) is 12.0. The van der Waals surface area contributed by atoms with E-state index in [2.05, 4.69) is 15.4 Å². The fourth-order valence-electron chi connectivity index (χ4n) is 4.03. The van der Waals surface area contributed by atoms with Gasteiger partial charge in [0.25, 0.3) is 0 Å². The Labute approximate surface area is 116 Å². The van der Waals surface area contributed by atoms with E-state index in [0.29, 0.717) is 6.04 Å². The number of nitrogens with zero attached hydrogens (tertiary/aromatic N) is 3. The maximum atomic E-state index is 4.38. The summed E-state index contributed by atoms with van der Waals surface area (Å²) >= 11 is 0. The lowest BCUT2D eigenvalue weighted by molar-refractivity contribution is 0.257. The molecule has 106 valence electrons. The molecule has 1 aromatic heterocycles. The van der Waals surface area contributed by atoms with Gasteiger partial charge in [-0.05, 0) is 37.5 Å². The maximum absolute atomic E-state index is 4.38. The first-order valence-corrected chi connectivity index (χ1v) is 7.91. The molecular weight excluding hydrogens is 236 g/mol. The lowest BCUT2D eigenvalue weighted by Gasteiger charge is -2.30. The zero-order valence-electron chi connectivity index (χ0n) is 12.0. The first kappa shape index (κ1) is 13.1. The average Bonchev–Trinajstić information content (AvgIpc) is 3.11. The van der Waals surface area contributed by atoms with E-state index < -0.39 is 0 Å². The lowest BCUT2D eigenvalue weighted by atomic mass is 9.86. The molecule has 2 aliphatic rings. The van der Waals surface area contributed by atoms with E-state index in [1.807, 2.05) is 7.05 Å². The van der Waals surface area contributed by atoms with Crippen LogP contribution in [-0.2, 0) is 13.6 Å². The van der Waals surface area contributed by atoms with Crippen molar-refractivity contribution in [1.29, 1.82) is 0 Å². The van der Waals surface area contributed by atoms with Gasteiger partial charge in [0.05, 0.1) is 6.54 Å². The van der Waals surface area contributed by atoms with Crippen molar-refractivity contribution < 1.29 is 0 Å². The predicted octanol–water partition coefficient (Wildman–Crippen LogP) is 2.65. The Kier molecular flexibility index (Phi) is 4.16. The zero-order chi connectivity index (χ0) is 13.1. The third-order valence-electron chi connectivity index (χ3n) is 4.96. The smallest absolute Gasteiger partial charge is 0.164 e. The van der Waals surface area contributed by atoms with E-state index in [1.54, 1.807) is 11.0 Å². The van der Waals surface area contributed by atoms with Gasteiger partial charge in [0.1, 0.15) is 6.33 Å². The van der Waals surface area contributed by atoms with Crippen LogP contribution in [0.2, 0.25) is 0 Å². The molecule has 2 fully saturated rings. The number of rotatable bonds is 5. The summed E-state index contributed by atoms with van der Waals surface area (Å²) in [6, 6.07) is 0.703. The molecule has 4 heteroatoms. The molecule has 19 heavy (non-hydrogen) atoms. The summed E-state index contributed by atoms with van der Waals surface area (Å²) in [5.74, 6) is 2.72. The first-order valence-electron chi connectivity index (χ1n) is 7.91. The number of aromatic nitrogens is 3. The van der Waals surface area contributed by atoms with E-state index >= 15 is 0 Å². The second kappa shape index (κ2) is 6.04. The Bertz CT molecular complexity index is 373. The molecule has 0 amide bonds. The van der Waals surface area contributed by atoms with Gasteiger partial charge in [-0.3, -0.25) is 4.68 Å². The molecule has 2 aliphatic carbocycles. The highest BCUT2D eigenvalue weighted by molar-refractivity contribution is 4.90. The van der Waals surface area contributed by atoms with Gasteiger partial charge < -0.3 is 5.32 Å². The molecule has 1 heterocycles. The number of hydrogen-bond donors (Lipinski definition) is 1. The summed E-state index contributed by atoms with van der Waals surface area (Å²) < 4.78 is 1.79. The molecule has 0 unspecified atom stereocenters. The SMILES string of the molecule is Cn1cnc(CNC(C2CCCC2)C2CCCC2)n1. The molecule has 0 saturated heterocycles. The normalized spacial score (nSPS) is 21.8. The summed E-state index contributed by atoms with van der Waals surface area (Å²) in [6.07, 6.45) is 13.2. The number of nitrogens with one attached hydrogen (secondary N) is 1. The molecule has 1 N–H and O–H groups in total. The third-order valence-corrected chi connectivity index (χ3v) is 4.96. The minimum atomic E-state index is 0.703. The molecular formula is C15H26N4. The van der Waals surface area contributed by atoms with Crippen molar-refractivity contribution in [3.63, 3.8) is 0 Å². The minimum Gasteiger partial charge on any atom is -0.306 e. The highest BCUT2D eigenvalue weighted by Crippen LogP contribution is 2.37. The van der Waals surface area contributed by atoms with Crippen molar-refractivity contribution in [2.45, 2.75) is 64.0 Å². The Morgan fingerprint density at radius 2 is 1.74 bits per heavy atom. The molecule has 1 aromatic rings. The molecule has 0 atom stereocenters. The molecule has 3 rings (SSSR count). The summed E-state index contributed by atoms with van der Waals surface area (Å²) in [7, 11) is 1.93. The minimum absolute atomic E-state index is 0.703. The van der Waals surface area contributed by atoms with Crippen LogP contribution in [0.15, 0.2) is 6.33 Å². The van der Waals surface area contributed by atoms with Crippen LogP contribution in [0.1, 0.15) is 57.2 Å². The number of hydrogen-bond acceptors (Lipinski definition) is 3. The van der Waals surface area contributed by atoms with Crippen molar-refractivity contribution in [3.8, 4) is 0 Å². The van der Waals surface area contributed by atoms with Gasteiger partial charge in [-0.25, -0.2) is 4.98 Å². The summed E-state index contributed by atoms with van der Waals surface area (Å²) in [5.41, 5.74) is 0. The second-order valence-corrected chi connectivity index (χ2v) is 6.33. The van der Waals surface area contributed by atoms with Crippen LogP contribution >= 0.6 is 0 Å². The standard InChI is InChI=1S/C15H26N4/c1-19-11-17-14(18-19)10-16-15(12-6-2-3-7-12)13-8-4-5-9-13/h11-13,15-16H,2-10H2,1H3. The molecule has 0 aromatic carbocycles. The van der Waals surface area contributed by atoms with E-state index in [4.69, 9.17) is 0 Å². The van der Waals surface area contributed by atoms with Crippen molar-refractivity contribution >= 4 is 0 Å². The molecule has 4 nitrogen and oxygen atoms in total. The fraction of sp³-hybridized carbons (Fsp3) is 0.867. The molecule has 2 saturated carbocycles. The van der Waals surface area contributed by atoms with Gasteiger partial charge in [-0.15, -0.1) is 0 Å². The quantitative estimate of drug-likeness (QED) is 0.887. The topological polar surface area (TPSA) is 42.7 Å². The molecule has 0 radical (unpaired) electrons. The Hall–Kier alpha value is -0.900. The van der Waals surface area contributed by atoms with Crippen molar-refractivity contribution in [2.75, 3.05) is 0 Å². The van der Waals surface area contributed by atoms with Crippen LogP contribution in [0.5, 0.6) is 0 Å². The number of aryl methyl sites for hydroxylation is 1. The largest absolute Gasteiger partial charge is 0.306 e. The van der Waals surface area contributed by atoms with Gasteiger partial charge in [0.15, 0.2) is 5.82 Å². The highest BCUT2D eigenvalue weighted by atomic mass is 15.3. The summed E-state index contributed by atoms with van der Waals surface area (Å²) in [4.78, 5) is 4.33. The van der Waals surface area contributed by atoms with Crippen LogP contribution in [-0.4, -0.2) is 20.8 Å². The second-order valence-electron chi connectivity index (χ2n) is 6.33. The Morgan fingerprint density at radius 1 is 1.16 bits per heavy atom. The molecule has 0 spiro atoms. The van der Waals surface area contributed by atoms with Gasteiger partial charge in [0, 0.05) is 13.1 Å². The predicted molar refractivity (Wildman–Crippen MR) is 75.5 cm³/mol.